The first-order valence-corrected chi connectivity index (χ1v) is 8.25. The predicted molar refractivity (Wildman–Crippen MR) is 92.4 cm³/mol. The number of nitrogens with zero attached hydrogens (tertiary/aromatic N) is 1. The van der Waals surface area contributed by atoms with Gasteiger partial charge in [-0.25, -0.2) is 0 Å². The fourth-order valence-electron chi connectivity index (χ4n) is 2.40. The van der Waals surface area contributed by atoms with Gasteiger partial charge in [-0.15, -0.1) is 0 Å². The average molecular weight is 328 g/mol. The Hall–Kier alpha value is -2.56. The Morgan fingerprint density at radius 3 is 2.58 bits per heavy atom. The molecule has 0 aliphatic carbocycles. The minimum atomic E-state index is -0.103. The van der Waals surface area contributed by atoms with Crippen molar-refractivity contribution in [3.05, 3.63) is 60.1 Å². The van der Waals surface area contributed by atoms with Crippen molar-refractivity contribution in [2.75, 3.05) is 6.54 Å². The molecule has 2 amide bonds. The summed E-state index contributed by atoms with van der Waals surface area (Å²) in [5.74, 6) is -0.166. The molecule has 1 aromatic heterocycles. The summed E-state index contributed by atoms with van der Waals surface area (Å²) >= 11 is 0. The summed E-state index contributed by atoms with van der Waals surface area (Å²) in [4.78, 5) is 26.3. The zero-order valence-electron chi connectivity index (χ0n) is 14.2. The monoisotopic (exact) mass is 328 g/mol. The molecule has 5 nitrogen and oxygen atoms in total. The van der Waals surface area contributed by atoms with Crippen molar-refractivity contribution in [3.8, 4) is 0 Å². The van der Waals surface area contributed by atoms with E-state index in [1.165, 1.54) is 12.5 Å². The van der Waals surface area contributed by atoms with E-state index < -0.39 is 0 Å². The second-order valence-electron chi connectivity index (χ2n) is 5.78. The molecule has 0 saturated heterocycles. The molecule has 0 aliphatic heterocycles. The van der Waals surface area contributed by atoms with Crippen molar-refractivity contribution >= 4 is 11.8 Å². The molecule has 128 valence electrons. The third-order valence-corrected chi connectivity index (χ3v) is 4.06. The van der Waals surface area contributed by atoms with Gasteiger partial charge in [0.05, 0.1) is 11.8 Å². The highest BCUT2D eigenvalue weighted by atomic mass is 16.3. The average Bonchev–Trinajstić information content (AvgIpc) is 3.15. The Morgan fingerprint density at radius 1 is 1.21 bits per heavy atom. The second-order valence-corrected chi connectivity index (χ2v) is 5.78. The van der Waals surface area contributed by atoms with E-state index in [-0.39, 0.29) is 24.3 Å². The maximum Gasteiger partial charge on any atom is 0.257 e. The summed E-state index contributed by atoms with van der Waals surface area (Å²) in [6.45, 7) is 4.90. The van der Waals surface area contributed by atoms with E-state index in [1.54, 1.807) is 11.0 Å². The van der Waals surface area contributed by atoms with Crippen molar-refractivity contribution in [2.24, 2.45) is 0 Å². The van der Waals surface area contributed by atoms with Gasteiger partial charge in [0.25, 0.3) is 5.91 Å². The van der Waals surface area contributed by atoms with Crippen LogP contribution in [-0.2, 0) is 11.3 Å². The van der Waals surface area contributed by atoms with Crippen LogP contribution < -0.4 is 5.32 Å². The van der Waals surface area contributed by atoms with E-state index in [4.69, 9.17) is 4.42 Å². The molecule has 2 aromatic rings. The van der Waals surface area contributed by atoms with Gasteiger partial charge in [-0.2, -0.15) is 0 Å². The van der Waals surface area contributed by atoms with E-state index in [0.29, 0.717) is 18.7 Å². The highest BCUT2D eigenvalue weighted by Gasteiger charge is 2.21. The Labute approximate surface area is 142 Å². The van der Waals surface area contributed by atoms with Crippen molar-refractivity contribution in [1.82, 2.24) is 10.2 Å². The van der Waals surface area contributed by atoms with Gasteiger partial charge >= 0.3 is 0 Å². The molecule has 1 heterocycles. The van der Waals surface area contributed by atoms with Crippen LogP contribution in [0.25, 0.3) is 0 Å². The molecule has 0 saturated carbocycles. The highest BCUT2D eigenvalue weighted by molar-refractivity contribution is 5.94. The number of hydrogen-bond acceptors (Lipinski definition) is 3. The van der Waals surface area contributed by atoms with Gasteiger partial charge in [0.2, 0.25) is 5.91 Å². The molecule has 1 unspecified atom stereocenters. The number of hydrogen-bond donors (Lipinski definition) is 1. The van der Waals surface area contributed by atoms with Gasteiger partial charge in [0.15, 0.2) is 0 Å². The number of carbonyl (C=O) groups excluding carboxylic acids is 2. The van der Waals surface area contributed by atoms with E-state index in [1.807, 2.05) is 44.2 Å². The van der Waals surface area contributed by atoms with Crippen LogP contribution in [0.4, 0.5) is 0 Å². The number of furan rings is 1. The molecule has 24 heavy (non-hydrogen) atoms. The lowest BCUT2D eigenvalue weighted by Gasteiger charge is -2.28. The summed E-state index contributed by atoms with van der Waals surface area (Å²) in [6.07, 6.45) is 4.03. The lowest BCUT2D eigenvalue weighted by atomic mass is 10.1. The Morgan fingerprint density at radius 2 is 1.96 bits per heavy atom. The molecular weight excluding hydrogens is 304 g/mol. The summed E-state index contributed by atoms with van der Waals surface area (Å²) in [5.41, 5.74) is 1.57. The summed E-state index contributed by atoms with van der Waals surface area (Å²) < 4.78 is 4.99. The first-order chi connectivity index (χ1) is 11.6. The van der Waals surface area contributed by atoms with E-state index in [9.17, 15) is 9.59 Å². The van der Waals surface area contributed by atoms with Gasteiger partial charge in [0, 0.05) is 25.6 Å². The van der Waals surface area contributed by atoms with Gasteiger partial charge < -0.3 is 14.6 Å². The van der Waals surface area contributed by atoms with Gasteiger partial charge in [-0.05, 0) is 25.0 Å². The number of rotatable bonds is 8. The summed E-state index contributed by atoms with van der Waals surface area (Å²) in [6, 6.07) is 11.5. The number of carbonyl (C=O) groups is 2. The third kappa shape index (κ3) is 4.98. The topological polar surface area (TPSA) is 62.6 Å². The molecule has 0 spiro atoms. The fourth-order valence-corrected chi connectivity index (χ4v) is 2.40. The number of benzene rings is 1. The Balaban J connectivity index is 1.88. The van der Waals surface area contributed by atoms with E-state index in [0.717, 1.165) is 12.0 Å². The zero-order valence-corrected chi connectivity index (χ0v) is 14.2. The fraction of sp³-hybridized carbons (Fsp3) is 0.368. The largest absolute Gasteiger partial charge is 0.472 e. The van der Waals surface area contributed by atoms with Crippen molar-refractivity contribution < 1.29 is 14.0 Å². The first-order valence-electron chi connectivity index (χ1n) is 8.25. The molecular formula is C19H24N2O3. The Bertz CT molecular complexity index is 638. The SMILES string of the molecule is CCC(C)N(CCC(=O)NCc1ccccc1)C(=O)c1ccoc1. The van der Waals surface area contributed by atoms with Crippen LogP contribution in [0.15, 0.2) is 53.3 Å². The van der Waals surface area contributed by atoms with Crippen LogP contribution in [0.5, 0.6) is 0 Å². The highest BCUT2D eigenvalue weighted by Crippen LogP contribution is 2.12. The minimum absolute atomic E-state index is 0.0628. The van der Waals surface area contributed by atoms with E-state index in [2.05, 4.69) is 5.32 Å². The zero-order chi connectivity index (χ0) is 17.4. The predicted octanol–water partition coefficient (Wildman–Crippen LogP) is 3.23. The number of nitrogens with one attached hydrogen (secondary N) is 1. The summed E-state index contributed by atoms with van der Waals surface area (Å²) in [7, 11) is 0. The van der Waals surface area contributed by atoms with E-state index >= 15 is 0 Å². The minimum Gasteiger partial charge on any atom is -0.472 e. The molecule has 0 radical (unpaired) electrons. The molecule has 0 bridgehead atoms. The van der Waals surface area contributed by atoms with Crippen LogP contribution in [0.3, 0.4) is 0 Å². The van der Waals surface area contributed by atoms with Crippen LogP contribution >= 0.6 is 0 Å². The van der Waals surface area contributed by atoms with Crippen LogP contribution in [-0.4, -0.2) is 29.3 Å². The lowest BCUT2D eigenvalue weighted by molar-refractivity contribution is -0.121. The molecule has 2 rings (SSSR count). The smallest absolute Gasteiger partial charge is 0.257 e. The molecule has 5 heteroatoms. The number of amides is 2. The maximum absolute atomic E-state index is 12.5. The van der Waals surface area contributed by atoms with Crippen LogP contribution in [0.1, 0.15) is 42.6 Å². The standard InChI is InChI=1S/C19H24N2O3/c1-3-15(2)21(19(23)17-10-12-24-14-17)11-9-18(22)20-13-16-7-5-4-6-8-16/h4-8,10,12,14-15H,3,9,11,13H2,1-2H3,(H,20,22). The molecule has 1 atom stereocenters. The van der Waals surface area contributed by atoms with Gasteiger partial charge in [0.1, 0.15) is 6.26 Å². The second kappa shape index (κ2) is 8.91. The molecule has 1 N–H and O–H groups in total. The van der Waals surface area contributed by atoms with Crippen molar-refractivity contribution in [3.63, 3.8) is 0 Å². The normalized spacial score (nSPS) is 11.8. The summed E-state index contributed by atoms with van der Waals surface area (Å²) in [5, 5.41) is 2.89. The molecule has 1 aromatic carbocycles. The lowest BCUT2D eigenvalue weighted by Crippen LogP contribution is -2.40. The molecule has 0 aliphatic rings. The van der Waals surface area contributed by atoms with Crippen LogP contribution in [0.2, 0.25) is 0 Å². The Kier molecular flexibility index (Phi) is 6.61. The maximum atomic E-state index is 12.5. The first kappa shape index (κ1) is 17.8. The van der Waals surface area contributed by atoms with Crippen LogP contribution in [0, 0.1) is 0 Å². The quantitative estimate of drug-likeness (QED) is 0.809. The van der Waals surface area contributed by atoms with Gasteiger partial charge in [-0.3, -0.25) is 9.59 Å². The van der Waals surface area contributed by atoms with Crippen molar-refractivity contribution in [1.29, 1.82) is 0 Å². The van der Waals surface area contributed by atoms with Gasteiger partial charge in [-0.1, -0.05) is 37.3 Å². The molecule has 0 fully saturated rings. The third-order valence-electron chi connectivity index (χ3n) is 4.06. The van der Waals surface area contributed by atoms with Crippen molar-refractivity contribution in [2.45, 2.75) is 39.3 Å².